The van der Waals surface area contributed by atoms with Crippen molar-refractivity contribution in [1.82, 2.24) is 19.7 Å². The molecule has 2 heterocycles. The fraction of sp³-hybridized carbons (Fsp3) is 0.176. The van der Waals surface area contributed by atoms with Crippen LogP contribution >= 0.6 is 11.8 Å². The maximum atomic E-state index is 12.0. The van der Waals surface area contributed by atoms with Crippen LogP contribution in [-0.2, 0) is 11.3 Å². The predicted octanol–water partition coefficient (Wildman–Crippen LogP) is 3.09. The minimum absolute atomic E-state index is 0.120. The zero-order valence-corrected chi connectivity index (χ0v) is 14.0. The van der Waals surface area contributed by atoms with Crippen LogP contribution < -0.4 is 5.32 Å². The highest BCUT2D eigenvalue weighted by Gasteiger charge is 2.14. The summed E-state index contributed by atoms with van der Waals surface area (Å²) in [5, 5.41) is 12.0. The minimum Gasteiger partial charge on any atom is -0.310 e. The Morgan fingerprint density at radius 3 is 2.62 bits per heavy atom. The largest absolute Gasteiger partial charge is 0.310 e. The van der Waals surface area contributed by atoms with Gasteiger partial charge in [0.25, 0.3) is 0 Å². The van der Waals surface area contributed by atoms with Crippen molar-refractivity contribution in [2.45, 2.75) is 18.6 Å². The molecule has 1 aromatic carbocycles. The molecular formula is C17H17N5OS. The molecule has 0 aliphatic carbocycles. The molecule has 0 radical (unpaired) electrons. The number of carbonyl (C=O) groups excluding carboxylic acids is 1. The Balaban J connectivity index is 1.67. The molecule has 0 atom stereocenters. The number of hydrogen-bond acceptors (Lipinski definition) is 5. The minimum atomic E-state index is -0.120. The summed E-state index contributed by atoms with van der Waals surface area (Å²) >= 11 is 1.36. The molecule has 6 nitrogen and oxygen atoms in total. The normalized spacial score (nSPS) is 10.5. The second-order valence-corrected chi connectivity index (χ2v) is 5.91. The zero-order valence-electron chi connectivity index (χ0n) is 13.2. The first-order valence-electron chi connectivity index (χ1n) is 7.60. The van der Waals surface area contributed by atoms with E-state index < -0.39 is 0 Å². The highest BCUT2D eigenvalue weighted by atomic mass is 32.2. The van der Waals surface area contributed by atoms with E-state index in [0.717, 1.165) is 23.1 Å². The lowest BCUT2D eigenvalue weighted by molar-refractivity contribution is -0.113. The molecule has 0 saturated carbocycles. The van der Waals surface area contributed by atoms with E-state index >= 15 is 0 Å². The number of carbonyl (C=O) groups is 1. The number of rotatable bonds is 6. The van der Waals surface area contributed by atoms with Gasteiger partial charge < -0.3 is 9.88 Å². The Hall–Kier alpha value is -2.67. The van der Waals surface area contributed by atoms with Crippen LogP contribution in [0.4, 0.5) is 5.82 Å². The molecule has 2 aromatic heterocycles. The molecule has 0 unspecified atom stereocenters. The van der Waals surface area contributed by atoms with Crippen LogP contribution in [0.15, 0.2) is 59.9 Å². The maximum Gasteiger partial charge on any atom is 0.236 e. The van der Waals surface area contributed by atoms with E-state index in [4.69, 9.17) is 0 Å². The number of hydrogen-bond donors (Lipinski definition) is 1. The first-order chi connectivity index (χ1) is 11.8. The predicted molar refractivity (Wildman–Crippen MR) is 94.7 cm³/mol. The summed E-state index contributed by atoms with van der Waals surface area (Å²) in [6.45, 7) is 2.77. The van der Waals surface area contributed by atoms with Crippen LogP contribution in [0.25, 0.3) is 11.4 Å². The van der Waals surface area contributed by atoms with Crippen molar-refractivity contribution in [2.24, 2.45) is 0 Å². The van der Waals surface area contributed by atoms with Gasteiger partial charge in [0.15, 0.2) is 11.0 Å². The molecule has 24 heavy (non-hydrogen) atoms. The van der Waals surface area contributed by atoms with Crippen molar-refractivity contribution < 1.29 is 4.79 Å². The molecule has 3 rings (SSSR count). The van der Waals surface area contributed by atoms with E-state index in [1.807, 2.05) is 47.9 Å². The average Bonchev–Trinajstić information content (AvgIpc) is 3.04. The highest BCUT2D eigenvalue weighted by Crippen LogP contribution is 2.23. The van der Waals surface area contributed by atoms with Crippen LogP contribution in [-0.4, -0.2) is 31.4 Å². The van der Waals surface area contributed by atoms with Crippen LogP contribution in [0.3, 0.4) is 0 Å². The van der Waals surface area contributed by atoms with Crippen molar-refractivity contribution in [1.29, 1.82) is 0 Å². The second-order valence-electron chi connectivity index (χ2n) is 4.97. The molecule has 0 fully saturated rings. The van der Waals surface area contributed by atoms with Crippen molar-refractivity contribution in [3.8, 4) is 11.4 Å². The van der Waals surface area contributed by atoms with Gasteiger partial charge in [-0.05, 0) is 19.1 Å². The summed E-state index contributed by atoms with van der Waals surface area (Å²) in [5.41, 5.74) is 1.01. The molecule has 0 bridgehead atoms. The van der Waals surface area contributed by atoms with Crippen molar-refractivity contribution in [2.75, 3.05) is 11.1 Å². The van der Waals surface area contributed by atoms with E-state index in [9.17, 15) is 4.79 Å². The maximum absolute atomic E-state index is 12.0. The lowest BCUT2D eigenvalue weighted by atomic mass is 10.2. The monoisotopic (exact) mass is 339 g/mol. The molecule has 1 amide bonds. The third kappa shape index (κ3) is 3.80. The van der Waals surface area contributed by atoms with Crippen LogP contribution in [0, 0.1) is 0 Å². The zero-order chi connectivity index (χ0) is 16.8. The summed E-state index contributed by atoms with van der Waals surface area (Å²) in [5.74, 6) is 1.49. The van der Waals surface area contributed by atoms with E-state index in [0.29, 0.717) is 5.82 Å². The third-order valence-electron chi connectivity index (χ3n) is 3.33. The lowest BCUT2D eigenvalue weighted by Gasteiger charge is -2.07. The van der Waals surface area contributed by atoms with E-state index in [1.54, 1.807) is 18.3 Å². The lowest BCUT2D eigenvalue weighted by Crippen LogP contribution is -2.15. The Kier molecular flexibility index (Phi) is 5.22. The van der Waals surface area contributed by atoms with Crippen LogP contribution in [0.5, 0.6) is 0 Å². The molecule has 0 spiro atoms. The SMILES string of the molecule is CCn1c(SCC(=O)Nc2ccccn2)nnc1-c1ccccc1. The molecule has 0 aliphatic heterocycles. The third-order valence-corrected chi connectivity index (χ3v) is 4.30. The molecule has 0 saturated heterocycles. The van der Waals surface area contributed by atoms with Gasteiger partial charge in [-0.25, -0.2) is 4.98 Å². The molecule has 3 aromatic rings. The fourth-order valence-electron chi connectivity index (χ4n) is 2.23. The number of nitrogens with one attached hydrogen (secondary N) is 1. The second kappa shape index (κ2) is 7.74. The van der Waals surface area contributed by atoms with Gasteiger partial charge in [-0.1, -0.05) is 48.2 Å². The summed E-state index contributed by atoms with van der Waals surface area (Å²) in [6, 6.07) is 15.3. The van der Waals surface area contributed by atoms with Gasteiger partial charge in [0.1, 0.15) is 5.82 Å². The molecule has 7 heteroatoms. The number of thioether (sulfide) groups is 1. The van der Waals surface area contributed by atoms with Gasteiger partial charge in [0, 0.05) is 18.3 Å². The number of anilines is 1. The molecule has 122 valence electrons. The Labute approximate surface area is 144 Å². The van der Waals surface area contributed by atoms with Crippen molar-refractivity contribution >= 4 is 23.5 Å². The summed E-state index contributed by atoms with van der Waals surface area (Å²) in [6.07, 6.45) is 1.64. The fourth-order valence-corrected chi connectivity index (χ4v) is 3.03. The van der Waals surface area contributed by atoms with E-state index in [-0.39, 0.29) is 11.7 Å². The molecule has 1 N–H and O–H groups in total. The van der Waals surface area contributed by atoms with E-state index in [2.05, 4.69) is 20.5 Å². The quantitative estimate of drug-likeness (QED) is 0.699. The number of nitrogens with zero attached hydrogens (tertiary/aromatic N) is 4. The van der Waals surface area contributed by atoms with Gasteiger partial charge in [-0.15, -0.1) is 10.2 Å². The average molecular weight is 339 g/mol. The van der Waals surface area contributed by atoms with Gasteiger partial charge in [-0.2, -0.15) is 0 Å². The molecule has 0 aliphatic rings. The highest BCUT2D eigenvalue weighted by molar-refractivity contribution is 7.99. The molecular weight excluding hydrogens is 322 g/mol. The summed E-state index contributed by atoms with van der Waals surface area (Å²) < 4.78 is 2.01. The van der Waals surface area contributed by atoms with Gasteiger partial charge in [0.05, 0.1) is 5.75 Å². The smallest absolute Gasteiger partial charge is 0.236 e. The Bertz CT molecular complexity index is 804. The Morgan fingerprint density at radius 2 is 1.92 bits per heavy atom. The van der Waals surface area contributed by atoms with Gasteiger partial charge in [0.2, 0.25) is 5.91 Å². The van der Waals surface area contributed by atoms with Crippen molar-refractivity contribution in [3.63, 3.8) is 0 Å². The van der Waals surface area contributed by atoms with Crippen LogP contribution in [0.1, 0.15) is 6.92 Å². The van der Waals surface area contributed by atoms with Crippen molar-refractivity contribution in [3.05, 3.63) is 54.7 Å². The summed E-state index contributed by atoms with van der Waals surface area (Å²) in [4.78, 5) is 16.1. The number of pyridine rings is 1. The first kappa shape index (κ1) is 16.2. The standard InChI is InChI=1S/C17H17N5OS/c1-2-22-16(13-8-4-3-5-9-13)20-21-17(22)24-12-15(23)19-14-10-6-7-11-18-14/h3-11H,2,12H2,1H3,(H,18,19,23). The summed E-state index contributed by atoms with van der Waals surface area (Å²) in [7, 11) is 0. The number of benzene rings is 1. The van der Waals surface area contributed by atoms with Gasteiger partial charge >= 0.3 is 0 Å². The van der Waals surface area contributed by atoms with Gasteiger partial charge in [-0.3, -0.25) is 4.79 Å². The first-order valence-corrected chi connectivity index (χ1v) is 8.59. The number of aromatic nitrogens is 4. The van der Waals surface area contributed by atoms with E-state index in [1.165, 1.54) is 11.8 Å². The Morgan fingerprint density at radius 1 is 1.12 bits per heavy atom. The number of amides is 1. The topological polar surface area (TPSA) is 72.7 Å². The van der Waals surface area contributed by atoms with Crippen LogP contribution in [0.2, 0.25) is 0 Å².